The topological polar surface area (TPSA) is 88.6 Å². The minimum Gasteiger partial charge on any atom is -0.488 e. The Balaban J connectivity index is 1.29. The van der Waals surface area contributed by atoms with Crippen LogP contribution in [0.4, 0.5) is 17.3 Å². The summed E-state index contributed by atoms with van der Waals surface area (Å²) >= 11 is 0. The van der Waals surface area contributed by atoms with Crippen molar-refractivity contribution in [2.75, 3.05) is 41.8 Å². The van der Waals surface area contributed by atoms with Gasteiger partial charge >= 0.3 is 0 Å². The zero-order chi connectivity index (χ0) is 29.6. The summed E-state index contributed by atoms with van der Waals surface area (Å²) in [7, 11) is 0. The molecule has 0 aliphatic carbocycles. The van der Waals surface area contributed by atoms with Gasteiger partial charge in [-0.25, -0.2) is 9.97 Å². The summed E-state index contributed by atoms with van der Waals surface area (Å²) in [6.07, 6.45) is 1.82. The van der Waals surface area contributed by atoms with E-state index in [1.807, 2.05) is 97.2 Å². The van der Waals surface area contributed by atoms with Gasteiger partial charge in [-0.05, 0) is 61.4 Å². The first-order valence-electron chi connectivity index (χ1n) is 14.6. The van der Waals surface area contributed by atoms with Crippen LogP contribution in [0.1, 0.15) is 29.8 Å². The monoisotopic (exact) mass is 573 g/mol. The van der Waals surface area contributed by atoms with Crippen molar-refractivity contribution in [2.45, 2.75) is 26.5 Å². The van der Waals surface area contributed by atoms with Crippen LogP contribution >= 0.6 is 0 Å². The zero-order valence-corrected chi connectivity index (χ0v) is 24.4. The molecule has 218 valence electrons. The summed E-state index contributed by atoms with van der Waals surface area (Å²) in [4.78, 5) is 24.8. The van der Waals surface area contributed by atoms with E-state index in [0.717, 1.165) is 46.4 Å². The molecule has 2 heterocycles. The van der Waals surface area contributed by atoms with E-state index in [1.54, 1.807) is 0 Å². The molecule has 0 radical (unpaired) electrons. The number of fused-ring (bicyclic) bond motifs is 1. The minimum atomic E-state index is -0.162. The Labute approximate surface area is 251 Å². The average Bonchev–Trinajstić information content (AvgIpc) is 3.04. The summed E-state index contributed by atoms with van der Waals surface area (Å²) in [6, 6.07) is 29.8. The number of amides is 1. The Bertz CT molecular complexity index is 1720. The number of aromatic nitrogens is 2. The molecule has 0 saturated carbocycles. The van der Waals surface area contributed by atoms with Crippen LogP contribution in [-0.4, -0.2) is 48.2 Å². The summed E-state index contributed by atoms with van der Waals surface area (Å²) < 4.78 is 11.9. The number of hydrogen-bond donors (Lipinski definition) is 2. The highest BCUT2D eigenvalue weighted by atomic mass is 16.5. The Hall–Kier alpha value is -4.95. The standard InChI is InChI=1S/C35H35N5O3/c1-24(2)37-35-36-22-28-20-31(33(21-32(28)39-35)43-23-25-8-4-3-5-9-25)26-10-6-12-29(18-26)38-34(41)27-11-7-13-30(19-27)40-14-16-42-17-15-40/h3-13,18-22,24H,14-17,23H2,1-2H3,(H,38,41)(H,36,37,39). The number of morpholine rings is 1. The van der Waals surface area contributed by atoms with Crippen LogP contribution in [-0.2, 0) is 11.3 Å². The third-order valence-corrected chi connectivity index (χ3v) is 7.25. The van der Waals surface area contributed by atoms with Crippen LogP contribution in [0.3, 0.4) is 0 Å². The fourth-order valence-corrected chi connectivity index (χ4v) is 5.10. The van der Waals surface area contributed by atoms with Crippen LogP contribution < -0.4 is 20.3 Å². The van der Waals surface area contributed by atoms with Crippen molar-refractivity contribution in [3.63, 3.8) is 0 Å². The van der Waals surface area contributed by atoms with E-state index in [4.69, 9.17) is 14.5 Å². The molecule has 43 heavy (non-hydrogen) atoms. The third-order valence-electron chi connectivity index (χ3n) is 7.25. The summed E-state index contributed by atoms with van der Waals surface area (Å²) in [5.41, 5.74) is 5.98. The highest BCUT2D eigenvalue weighted by Gasteiger charge is 2.16. The van der Waals surface area contributed by atoms with E-state index in [9.17, 15) is 4.79 Å². The van der Waals surface area contributed by atoms with Crippen LogP contribution in [0, 0.1) is 0 Å². The molecule has 1 saturated heterocycles. The van der Waals surface area contributed by atoms with E-state index in [2.05, 4.69) is 34.4 Å². The van der Waals surface area contributed by atoms with Gasteiger partial charge in [-0.2, -0.15) is 0 Å². The number of ether oxygens (including phenoxy) is 2. The summed E-state index contributed by atoms with van der Waals surface area (Å²) in [5.74, 6) is 1.11. The number of benzene rings is 4. The number of hydrogen-bond acceptors (Lipinski definition) is 7. The molecular formula is C35H35N5O3. The molecule has 1 aliphatic heterocycles. The van der Waals surface area contributed by atoms with Crippen molar-refractivity contribution in [3.8, 4) is 16.9 Å². The maximum Gasteiger partial charge on any atom is 0.255 e. The summed E-state index contributed by atoms with van der Waals surface area (Å²) in [6.45, 7) is 7.53. The first kappa shape index (κ1) is 28.2. The van der Waals surface area contributed by atoms with Gasteiger partial charge in [-0.15, -0.1) is 0 Å². The lowest BCUT2D eigenvalue weighted by Crippen LogP contribution is -2.36. The molecule has 1 aliphatic rings. The van der Waals surface area contributed by atoms with Gasteiger partial charge in [0.15, 0.2) is 0 Å². The van der Waals surface area contributed by atoms with Crippen molar-refractivity contribution in [2.24, 2.45) is 0 Å². The first-order valence-corrected chi connectivity index (χ1v) is 14.6. The molecule has 0 spiro atoms. The molecular weight excluding hydrogens is 538 g/mol. The third kappa shape index (κ3) is 6.93. The molecule has 0 bridgehead atoms. The second kappa shape index (κ2) is 12.9. The van der Waals surface area contributed by atoms with Crippen LogP contribution in [0.5, 0.6) is 5.75 Å². The Morgan fingerprint density at radius 2 is 1.77 bits per heavy atom. The molecule has 2 N–H and O–H groups in total. The second-order valence-electron chi connectivity index (χ2n) is 10.9. The molecule has 8 nitrogen and oxygen atoms in total. The highest BCUT2D eigenvalue weighted by molar-refractivity contribution is 6.05. The Morgan fingerprint density at radius 1 is 0.953 bits per heavy atom. The van der Waals surface area contributed by atoms with Gasteiger partial charge in [0.05, 0.1) is 18.7 Å². The van der Waals surface area contributed by atoms with Crippen molar-refractivity contribution in [3.05, 3.63) is 108 Å². The van der Waals surface area contributed by atoms with Gasteiger partial charge in [0, 0.05) is 59.3 Å². The van der Waals surface area contributed by atoms with E-state index < -0.39 is 0 Å². The van der Waals surface area contributed by atoms with Crippen LogP contribution in [0.15, 0.2) is 97.2 Å². The molecule has 8 heteroatoms. The number of rotatable bonds is 9. The van der Waals surface area contributed by atoms with E-state index in [1.165, 1.54) is 0 Å². The average molecular weight is 574 g/mol. The predicted molar refractivity (Wildman–Crippen MR) is 172 cm³/mol. The van der Waals surface area contributed by atoms with Gasteiger partial charge in [0.25, 0.3) is 5.91 Å². The maximum absolute atomic E-state index is 13.3. The van der Waals surface area contributed by atoms with Crippen molar-refractivity contribution < 1.29 is 14.3 Å². The summed E-state index contributed by atoms with van der Waals surface area (Å²) in [5, 5.41) is 7.25. The molecule has 4 aromatic carbocycles. The molecule has 0 atom stereocenters. The zero-order valence-electron chi connectivity index (χ0n) is 24.4. The molecule has 1 aromatic heterocycles. The lowest BCUT2D eigenvalue weighted by atomic mass is 10.0. The number of nitrogens with one attached hydrogen (secondary N) is 2. The van der Waals surface area contributed by atoms with Gasteiger partial charge in [-0.3, -0.25) is 4.79 Å². The maximum atomic E-state index is 13.3. The van der Waals surface area contributed by atoms with Gasteiger partial charge < -0.3 is 25.0 Å². The van der Waals surface area contributed by atoms with E-state index in [-0.39, 0.29) is 11.9 Å². The van der Waals surface area contributed by atoms with Gasteiger partial charge in [0.1, 0.15) is 12.4 Å². The largest absolute Gasteiger partial charge is 0.488 e. The lowest BCUT2D eigenvalue weighted by molar-refractivity contribution is 0.102. The number of carbonyl (C=O) groups is 1. The smallest absolute Gasteiger partial charge is 0.255 e. The van der Waals surface area contributed by atoms with Crippen molar-refractivity contribution in [1.29, 1.82) is 0 Å². The van der Waals surface area contributed by atoms with Gasteiger partial charge in [-0.1, -0.05) is 48.5 Å². The number of nitrogens with zero attached hydrogens (tertiary/aromatic N) is 3. The fraction of sp³-hybridized carbons (Fsp3) is 0.229. The number of carbonyl (C=O) groups excluding carboxylic acids is 1. The fourth-order valence-electron chi connectivity index (χ4n) is 5.10. The number of anilines is 3. The molecule has 5 aromatic rings. The predicted octanol–water partition coefficient (Wildman–Crippen LogP) is 6.79. The van der Waals surface area contributed by atoms with Gasteiger partial charge in [0.2, 0.25) is 5.95 Å². The van der Waals surface area contributed by atoms with E-state index >= 15 is 0 Å². The lowest BCUT2D eigenvalue weighted by Gasteiger charge is -2.29. The van der Waals surface area contributed by atoms with E-state index in [0.29, 0.717) is 42.8 Å². The van der Waals surface area contributed by atoms with Crippen LogP contribution in [0.2, 0.25) is 0 Å². The first-order chi connectivity index (χ1) is 21.0. The Kier molecular flexibility index (Phi) is 8.47. The molecule has 1 fully saturated rings. The Morgan fingerprint density at radius 3 is 2.58 bits per heavy atom. The molecule has 0 unspecified atom stereocenters. The quantitative estimate of drug-likeness (QED) is 0.201. The second-order valence-corrected chi connectivity index (χ2v) is 10.9. The normalized spacial score (nSPS) is 13.2. The van der Waals surface area contributed by atoms with Crippen molar-refractivity contribution >= 4 is 34.1 Å². The minimum absolute atomic E-state index is 0.162. The molecule has 1 amide bonds. The van der Waals surface area contributed by atoms with Crippen molar-refractivity contribution in [1.82, 2.24) is 9.97 Å². The molecule has 6 rings (SSSR count). The highest BCUT2D eigenvalue weighted by Crippen LogP contribution is 2.36. The van der Waals surface area contributed by atoms with Crippen LogP contribution in [0.25, 0.3) is 22.0 Å². The SMILES string of the molecule is CC(C)Nc1ncc2cc(-c3cccc(NC(=O)c4cccc(N5CCOCC5)c4)c3)c(OCc3ccccc3)cc2n1.